The largest absolute Gasteiger partial charge is 0.461 e. The van der Waals surface area contributed by atoms with Gasteiger partial charge in [-0.2, -0.15) is 0 Å². The van der Waals surface area contributed by atoms with E-state index < -0.39 is 21.9 Å². The fourth-order valence-corrected chi connectivity index (χ4v) is 3.24. The van der Waals surface area contributed by atoms with Gasteiger partial charge < -0.3 is 4.74 Å². The Morgan fingerprint density at radius 2 is 1.85 bits per heavy atom. The van der Waals surface area contributed by atoms with Gasteiger partial charge in [0.05, 0.1) is 17.9 Å². The predicted molar refractivity (Wildman–Crippen MR) is 96.2 cm³/mol. The minimum Gasteiger partial charge on any atom is -0.461 e. The highest BCUT2D eigenvalue weighted by molar-refractivity contribution is 7.90. The zero-order chi connectivity index (χ0) is 19.0. The zero-order valence-corrected chi connectivity index (χ0v) is 15.2. The summed E-state index contributed by atoms with van der Waals surface area (Å²) in [5, 5.41) is 0. The topological polar surface area (TPSA) is 102 Å². The van der Waals surface area contributed by atoms with Crippen molar-refractivity contribution in [2.45, 2.75) is 19.8 Å². The van der Waals surface area contributed by atoms with Crippen molar-refractivity contribution < 1.29 is 22.7 Å². The molecule has 138 valence electrons. The van der Waals surface area contributed by atoms with Crippen molar-refractivity contribution >= 4 is 21.9 Å². The number of carbonyl (C=O) groups excluding carboxylic acids is 2. The number of nitrogens with zero attached hydrogens (tertiary/aromatic N) is 1. The van der Waals surface area contributed by atoms with Crippen LogP contribution in [-0.2, 0) is 21.2 Å². The zero-order valence-electron chi connectivity index (χ0n) is 14.3. The number of esters is 1. The standard InChI is InChI=1S/C18H20N2O5S/c1-2-25-18(22)16-11-10-15(13-19-16)17(21)20-26(23,24)12-6-9-14-7-4-3-5-8-14/h3-5,7-8,10-11,13H,2,6,9,12H2,1H3,(H,20,21). The van der Waals surface area contributed by atoms with Crippen LogP contribution >= 0.6 is 0 Å². The van der Waals surface area contributed by atoms with Gasteiger partial charge in [0.1, 0.15) is 5.69 Å². The van der Waals surface area contributed by atoms with Gasteiger partial charge in [-0.05, 0) is 37.5 Å². The summed E-state index contributed by atoms with van der Waals surface area (Å²) in [6.07, 6.45) is 2.14. The molecule has 0 aliphatic rings. The van der Waals surface area contributed by atoms with E-state index in [2.05, 4.69) is 4.98 Å². The first-order valence-corrected chi connectivity index (χ1v) is 9.78. The summed E-state index contributed by atoms with van der Waals surface area (Å²) in [4.78, 5) is 27.4. The lowest BCUT2D eigenvalue weighted by Crippen LogP contribution is -2.32. The number of nitrogens with one attached hydrogen (secondary N) is 1. The van der Waals surface area contributed by atoms with Crippen molar-refractivity contribution in [3.05, 3.63) is 65.5 Å². The summed E-state index contributed by atoms with van der Waals surface area (Å²) in [6, 6.07) is 12.1. The highest BCUT2D eigenvalue weighted by Gasteiger charge is 2.17. The van der Waals surface area contributed by atoms with Crippen molar-refractivity contribution in [2.24, 2.45) is 0 Å². The molecule has 0 spiro atoms. The van der Waals surface area contributed by atoms with Crippen LogP contribution in [-0.4, -0.2) is 37.6 Å². The molecule has 0 atom stereocenters. The van der Waals surface area contributed by atoms with Gasteiger partial charge in [-0.1, -0.05) is 30.3 Å². The number of carbonyl (C=O) groups is 2. The van der Waals surface area contributed by atoms with Crippen molar-refractivity contribution in [1.82, 2.24) is 9.71 Å². The first kappa shape index (κ1) is 19.6. The number of sulfonamides is 1. The van der Waals surface area contributed by atoms with Crippen LogP contribution in [0.4, 0.5) is 0 Å². The van der Waals surface area contributed by atoms with E-state index in [0.717, 1.165) is 11.8 Å². The monoisotopic (exact) mass is 376 g/mol. The smallest absolute Gasteiger partial charge is 0.356 e. The Labute approximate surface area is 152 Å². The molecule has 7 nitrogen and oxygen atoms in total. The van der Waals surface area contributed by atoms with Crippen LogP contribution < -0.4 is 4.72 Å². The van der Waals surface area contributed by atoms with Crippen molar-refractivity contribution in [3.8, 4) is 0 Å². The predicted octanol–water partition coefficient (Wildman–Crippen LogP) is 1.95. The van der Waals surface area contributed by atoms with Gasteiger partial charge in [-0.25, -0.2) is 22.9 Å². The molecule has 0 saturated heterocycles. The molecular weight excluding hydrogens is 356 g/mol. The number of pyridine rings is 1. The molecule has 1 heterocycles. The Morgan fingerprint density at radius 3 is 2.46 bits per heavy atom. The Bertz CT molecular complexity index is 849. The van der Waals surface area contributed by atoms with Crippen LogP contribution in [0.25, 0.3) is 0 Å². The second kappa shape index (κ2) is 9.10. The van der Waals surface area contributed by atoms with E-state index in [9.17, 15) is 18.0 Å². The van der Waals surface area contributed by atoms with Crippen LogP contribution in [0.1, 0.15) is 39.8 Å². The van der Waals surface area contributed by atoms with Gasteiger partial charge in [0, 0.05) is 6.20 Å². The van der Waals surface area contributed by atoms with Crippen LogP contribution in [0.5, 0.6) is 0 Å². The summed E-state index contributed by atoms with van der Waals surface area (Å²) < 4.78 is 30.9. The van der Waals surface area contributed by atoms with E-state index in [1.54, 1.807) is 6.92 Å². The molecule has 0 aliphatic heterocycles. The Morgan fingerprint density at radius 1 is 1.12 bits per heavy atom. The van der Waals surface area contributed by atoms with Gasteiger partial charge >= 0.3 is 5.97 Å². The van der Waals surface area contributed by atoms with E-state index in [1.807, 2.05) is 35.1 Å². The first-order valence-electron chi connectivity index (χ1n) is 8.13. The lowest BCUT2D eigenvalue weighted by atomic mass is 10.1. The second-order valence-electron chi connectivity index (χ2n) is 5.49. The molecule has 0 radical (unpaired) electrons. The first-order chi connectivity index (χ1) is 12.4. The minimum absolute atomic E-state index is 0.0460. The number of aromatic nitrogens is 1. The maximum absolute atomic E-state index is 12.1. The third-order valence-electron chi connectivity index (χ3n) is 3.48. The van der Waals surface area contributed by atoms with Gasteiger partial charge in [-0.3, -0.25) is 4.79 Å². The maximum Gasteiger partial charge on any atom is 0.356 e. The van der Waals surface area contributed by atoms with Gasteiger partial charge in [-0.15, -0.1) is 0 Å². The Kier molecular flexibility index (Phi) is 6.85. The molecule has 1 aromatic carbocycles. The van der Waals surface area contributed by atoms with Crippen molar-refractivity contribution in [1.29, 1.82) is 0 Å². The number of rotatable bonds is 8. The number of hydrogen-bond acceptors (Lipinski definition) is 6. The van der Waals surface area contributed by atoms with E-state index in [4.69, 9.17) is 4.74 Å². The normalized spacial score (nSPS) is 11.0. The average Bonchev–Trinajstić information content (AvgIpc) is 2.62. The Balaban J connectivity index is 1.89. The number of ether oxygens (including phenoxy) is 1. The molecule has 0 bridgehead atoms. The number of aryl methyl sites for hydroxylation is 1. The van der Waals surface area contributed by atoms with E-state index >= 15 is 0 Å². The summed E-state index contributed by atoms with van der Waals surface area (Å²) in [6.45, 7) is 1.88. The number of hydrogen-bond donors (Lipinski definition) is 1. The van der Waals surface area contributed by atoms with Crippen LogP contribution in [0.15, 0.2) is 48.7 Å². The molecule has 8 heteroatoms. The molecule has 2 aromatic rings. The van der Waals surface area contributed by atoms with Gasteiger partial charge in [0.2, 0.25) is 10.0 Å². The van der Waals surface area contributed by atoms with Crippen LogP contribution in [0.3, 0.4) is 0 Å². The number of benzene rings is 1. The van der Waals surface area contributed by atoms with E-state index in [0.29, 0.717) is 12.8 Å². The fraction of sp³-hybridized carbons (Fsp3) is 0.278. The maximum atomic E-state index is 12.1. The highest BCUT2D eigenvalue weighted by Crippen LogP contribution is 2.06. The number of amides is 1. The summed E-state index contributed by atoms with van der Waals surface area (Å²) in [5.41, 5.74) is 1.13. The van der Waals surface area contributed by atoms with E-state index in [-0.39, 0.29) is 23.6 Å². The molecule has 26 heavy (non-hydrogen) atoms. The molecule has 2 rings (SSSR count). The Hall–Kier alpha value is -2.74. The quantitative estimate of drug-likeness (QED) is 0.707. The third kappa shape index (κ3) is 5.96. The van der Waals surface area contributed by atoms with Gasteiger partial charge in [0.25, 0.3) is 5.91 Å². The minimum atomic E-state index is -3.75. The summed E-state index contributed by atoms with van der Waals surface area (Å²) >= 11 is 0. The van der Waals surface area contributed by atoms with Crippen LogP contribution in [0, 0.1) is 0 Å². The molecule has 0 unspecified atom stereocenters. The fourth-order valence-electron chi connectivity index (χ4n) is 2.22. The van der Waals surface area contributed by atoms with Crippen molar-refractivity contribution in [2.75, 3.05) is 12.4 Å². The molecular formula is C18H20N2O5S. The lowest BCUT2D eigenvalue weighted by molar-refractivity contribution is 0.0519. The summed E-state index contributed by atoms with van der Waals surface area (Å²) in [5.74, 6) is -1.55. The lowest BCUT2D eigenvalue weighted by Gasteiger charge is -2.07. The van der Waals surface area contributed by atoms with E-state index in [1.165, 1.54) is 12.1 Å². The highest BCUT2D eigenvalue weighted by atomic mass is 32.2. The SMILES string of the molecule is CCOC(=O)c1ccc(C(=O)NS(=O)(=O)CCCc2ccccc2)cn1. The molecule has 0 saturated carbocycles. The molecule has 1 aromatic heterocycles. The molecule has 1 N–H and O–H groups in total. The third-order valence-corrected chi connectivity index (χ3v) is 4.80. The molecule has 1 amide bonds. The van der Waals surface area contributed by atoms with Gasteiger partial charge in [0.15, 0.2) is 0 Å². The molecule has 0 aliphatic carbocycles. The molecule has 0 fully saturated rings. The average molecular weight is 376 g/mol. The second-order valence-corrected chi connectivity index (χ2v) is 7.33. The van der Waals surface area contributed by atoms with Crippen LogP contribution in [0.2, 0.25) is 0 Å². The summed E-state index contributed by atoms with van der Waals surface area (Å²) in [7, 11) is -3.75. The van der Waals surface area contributed by atoms with Crippen molar-refractivity contribution in [3.63, 3.8) is 0 Å².